The number of carbonyl (C=O) groups is 1. The summed E-state index contributed by atoms with van der Waals surface area (Å²) in [5.41, 5.74) is 5.36. The molecule has 0 atom stereocenters. The van der Waals surface area contributed by atoms with Crippen molar-refractivity contribution < 1.29 is 4.79 Å². The maximum atomic E-state index is 13.0. The van der Waals surface area contributed by atoms with E-state index in [4.69, 9.17) is 0 Å². The van der Waals surface area contributed by atoms with Crippen molar-refractivity contribution >= 4 is 29.0 Å². The van der Waals surface area contributed by atoms with Crippen molar-refractivity contribution in [1.29, 1.82) is 0 Å². The molecule has 0 aromatic carbocycles. The molecule has 1 aromatic rings. The topological polar surface area (TPSA) is 33.2 Å². The van der Waals surface area contributed by atoms with E-state index >= 15 is 0 Å². The van der Waals surface area contributed by atoms with E-state index in [1.165, 1.54) is 11.5 Å². The van der Waals surface area contributed by atoms with Gasteiger partial charge in [-0.1, -0.05) is 18.2 Å². The summed E-state index contributed by atoms with van der Waals surface area (Å²) in [5, 5.41) is 0. The van der Waals surface area contributed by atoms with Gasteiger partial charge in [-0.15, -0.1) is 0 Å². The Kier molecular flexibility index (Phi) is 4.81. The van der Waals surface area contributed by atoms with E-state index in [0.29, 0.717) is 0 Å². The van der Waals surface area contributed by atoms with E-state index in [-0.39, 0.29) is 5.78 Å². The molecule has 1 aliphatic carbocycles. The Morgan fingerprint density at radius 1 is 1.32 bits per heavy atom. The lowest BCUT2D eigenvalue weighted by molar-refractivity contribution is -0.111. The molecule has 1 aromatic heterocycles. The van der Waals surface area contributed by atoms with Gasteiger partial charge in [0.15, 0.2) is 5.78 Å². The van der Waals surface area contributed by atoms with Crippen LogP contribution in [0.2, 0.25) is 0 Å². The Bertz CT molecular complexity index is 730. The van der Waals surface area contributed by atoms with Gasteiger partial charge in [0.2, 0.25) is 0 Å². The molecule has 2 bridgehead atoms. The molecule has 0 aliphatic heterocycles. The number of nitrogens with zero attached hydrogens (tertiary/aromatic N) is 2. The van der Waals surface area contributed by atoms with Gasteiger partial charge in [0.25, 0.3) is 0 Å². The van der Waals surface area contributed by atoms with Gasteiger partial charge in [0, 0.05) is 25.4 Å². The van der Waals surface area contributed by atoms with Crippen molar-refractivity contribution in [3.8, 4) is 0 Å². The fourth-order valence-corrected chi connectivity index (χ4v) is 3.21. The maximum Gasteiger partial charge on any atom is 0.191 e. The number of Topliss-reactive ketones (excluding diaryl/α,β-unsaturated/α-hetero) is 1. The molecule has 1 heterocycles. The van der Waals surface area contributed by atoms with Crippen LogP contribution in [0.4, 0.5) is 0 Å². The second-order valence-electron chi connectivity index (χ2n) is 5.62. The predicted octanol–water partition coefficient (Wildman–Crippen LogP) is 4.23. The van der Waals surface area contributed by atoms with Crippen molar-refractivity contribution in [3.05, 3.63) is 51.2 Å². The minimum Gasteiger partial charge on any atom is -0.381 e. The van der Waals surface area contributed by atoms with Crippen LogP contribution in [-0.4, -0.2) is 29.2 Å². The highest BCUT2D eigenvalue weighted by Crippen LogP contribution is 2.34. The van der Waals surface area contributed by atoms with Gasteiger partial charge in [0.1, 0.15) is 0 Å². The molecule has 0 radical (unpaired) electrons. The molecular formula is C18H22N2OS. The maximum absolute atomic E-state index is 13.0. The standard InChI is InChI=1S/C18H22N2OS/c1-7-14-16(13(4)20(5)6)18(21)11(2)9-8-10-15-12(3)17(14)19-22-15/h7-10H,1-6H3/b10-8-,11-9+,14-7+,16-13-. The van der Waals surface area contributed by atoms with E-state index in [1.54, 1.807) is 0 Å². The summed E-state index contributed by atoms with van der Waals surface area (Å²) in [6, 6.07) is 0. The fraction of sp³-hybridized carbons (Fsp3) is 0.333. The van der Waals surface area contributed by atoms with Gasteiger partial charge >= 0.3 is 0 Å². The molecule has 0 amide bonds. The highest BCUT2D eigenvalue weighted by molar-refractivity contribution is 7.07. The zero-order chi connectivity index (χ0) is 16.4. The van der Waals surface area contributed by atoms with Crippen LogP contribution in [0.15, 0.2) is 35.1 Å². The van der Waals surface area contributed by atoms with E-state index in [2.05, 4.69) is 11.3 Å². The third-order valence-electron chi connectivity index (χ3n) is 3.98. The van der Waals surface area contributed by atoms with Gasteiger partial charge < -0.3 is 4.90 Å². The third kappa shape index (κ3) is 2.83. The van der Waals surface area contributed by atoms with Crippen LogP contribution < -0.4 is 0 Å². The van der Waals surface area contributed by atoms with Crippen molar-refractivity contribution in [3.63, 3.8) is 0 Å². The number of ketones is 1. The average molecular weight is 314 g/mol. The molecule has 2 rings (SSSR count). The van der Waals surface area contributed by atoms with Crippen molar-refractivity contribution in [2.75, 3.05) is 14.1 Å². The Balaban J connectivity index is 2.83. The molecule has 0 spiro atoms. The summed E-state index contributed by atoms with van der Waals surface area (Å²) in [6.07, 6.45) is 7.82. The molecule has 0 saturated heterocycles. The number of aromatic nitrogens is 1. The Morgan fingerprint density at radius 3 is 2.59 bits per heavy atom. The SMILES string of the molecule is C/C=C1\C(=C(/C)N(C)C)C(=O)/C(C)=C/C=C\c2snc1c2C. The van der Waals surface area contributed by atoms with Crippen LogP contribution in [0.1, 0.15) is 36.9 Å². The van der Waals surface area contributed by atoms with Gasteiger partial charge in [-0.2, -0.15) is 4.37 Å². The first-order valence-corrected chi connectivity index (χ1v) is 8.07. The first-order chi connectivity index (χ1) is 10.4. The number of hydrogen-bond acceptors (Lipinski definition) is 4. The highest BCUT2D eigenvalue weighted by Gasteiger charge is 2.24. The van der Waals surface area contributed by atoms with Gasteiger partial charge in [-0.05, 0) is 56.4 Å². The molecule has 4 heteroatoms. The predicted molar refractivity (Wildman–Crippen MR) is 94.7 cm³/mol. The molecule has 0 fully saturated rings. The van der Waals surface area contributed by atoms with Crippen LogP contribution >= 0.6 is 11.5 Å². The molecule has 1 aliphatic rings. The molecule has 116 valence electrons. The largest absolute Gasteiger partial charge is 0.381 e. The third-order valence-corrected chi connectivity index (χ3v) is 4.90. The summed E-state index contributed by atoms with van der Waals surface area (Å²) >= 11 is 1.47. The van der Waals surface area contributed by atoms with Crippen LogP contribution in [0.3, 0.4) is 0 Å². The van der Waals surface area contributed by atoms with Crippen LogP contribution in [0.5, 0.6) is 0 Å². The second kappa shape index (κ2) is 6.44. The quantitative estimate of drug-likeness (QED) is 0.727. The molecule has 0 saturated carbocycles. The minimum absolute atomic E-state index is 0.0554. The summed E-state index contributed by atoms with van der Waals surface area (Å²) in [4.78, 5) is 16.1. The Hall–Kier alpha value is -1.94. The zero-order valence-corrected chi connectivity index (χ0v) is 14.8. The van der Waals surface area contributed by atoms with E-state index in [1.807, 2.05) is 64.1 Å². The van der Waals surface area contributed by atoms with Crippen LogP contribution in [0, 0.1) is 6.92 Å². The number of fused-ring (bicyclic) bond motifs is 2. The molecule has 3 nitrogen and oxygen atoms in total. The number of rotatable bonds is 1. The monoisotopic (exact) mass is 314 g/mol. The molecular weight excluding hydrogens is 292 g/mol. The molecule has 22 heavy (non-hydrogen) atoms. The smallest absolute Gasteiger partial charge is 0.191 e. The Labute approximate surface area is 136 Å². The van der Waals surface area contributed by atoms with Gasteiger partial charge in [-0.25, -0.2) is 0 Å². The lowest BCUT2D eigenvalue weighted by atomic mass is 9.90. The van der Waals surface area contributed by atoms with Crippen LogP contribution in [-0.2, 0) is 4.79 Å². The van der Waals surface area contributed by atoms with Gasteiger partial charge in [0.05, 0.1) is 16.1 Å². The summed E-state index contributed by atoms with van der Waals surface area (Å²) in [7, 11) is 3.92. The average Bonchev–Trinajstić information content (AvgIpc) is 2.83. The fourth-order valence-electron chi connectivity index (χ4n) is 2.41. The normalized spacial score (nSPS) is 23.1. The van der Waals surface area contributed by atoms with E-state index in [9.17, 15) is 4.79 Å². The summed E-state index contributed by atoms with van der Waals surface area (Å²) < 4.78 is 4.60. The second-order valence-corrected chi connectivity index (χ2v) is 6.42. The Morgan fingerprint density at radius 2 is 2.00 bits per heavy atom. The first kappa shape index (κ1) is 16.4. The van der Waals surface area contributed by atoms with Gasteiger partial charge in [-0.3, -0.25) is 4.79 Å². The number of hydrogen-bond donors (Lipinski definition) is 0. The van der Waals surface area contributed by atoms with E-state index < -0.39 is 0 Å². The van der Waals surface area contributed by atoms with Crippen molar-refractivity contribution in [1.82, 2.24) is 9.27 Å². The lowest BCUT2D eigenvalue weighted by Gasteiger charge is -2.20. The number of carbonyl (C=O) groups excluding carboxylic acids is 1. The zero-order valence-electron chi connectivity index (χ0n) is 14.0. The number of allylic oxidation sites excluding steroid dienone is 7. The molecule has 0 unspecified atom stereocenters. The highest BCUT2D eigenvalue weighted by atomic mass is 32.1. The van der Waals surface area contributed by atoms with E-state index in [0.717, 1.165) is 38.6 Å². The van der Waals surface area contributed by atoms with Crippen molar-refractivity contribution in [2.24, 2.45) is 0 Å². The summed E-state index contributed by atoms with van der Waals surface area (Å²) in [6.45, 7) is 7.87. The first-order valence-electron chi connectivity index (χ1n) is 7.29. The van der Waals surface area contributed by atoms with Crippen molar-refractivity contribution in [2.45, 2.75) is 27.7 Å². The minimum atomic E-state index is 0.0554. The van der Waals surface area contributed by atoms with Crippen LogP contribution in [0.25, 0.3) is 11.6 Å². The lowest BCUT2D eigenvalue weighted by Crippen LogP contribution is -2.17. The summed E-state index contributed by atoms with van der Waals surface area (Å²) in [5.74, 6) is 0.0554. The molecule has 0 N–H and O–H groups in total.